The third kappa shape index (κ3) is 7.64. The number of piperidine rings is 1. The molecule has 0 saturated carbocycles. The van der Waals surface area contributed by atoms with Crippen LogP contribution >= 0.6 is 0 Å². The number of hydrogen-bond acceptors (Lipinski definition) is 2. The molecule has 5 nitrogen and oxygen atoms in total. The summed E-state index contributed by atoms with van der Waals surface area (Å²) in [5.74, 6) is 0.142. The molecule has 27 heavy (non-hydrogen) atoms. The number of nitrogens with one attached hydrogen (secondary N) is 1. The van der Waals surface area contributed by atoms with Crippen molar-refractivity contribution in [1.82, 2.24) is 10.4 Å². The van der Waals surface area contributed by atoms with E-state index in [4.69, 9.17) is 0 Å². The molecule has 0 aromatic heterocycles. The molecular formula is C21H43BrN3O2. The zero-order chi connectivity index (χ0) is 20.0. The van der Waals surface area contributed by atoms with Gasteiger partial charge in [0.1, 0.15) is 0 Å². The van der Waals surface area contributed by atoms with Crippen LogP contribution in [0.1, 0.15) is 87.0 Å². The van der Waals surface area contributed by atoms with E-state index in [-0.39, 0.29) is 28.9 Å². The minimum absolute atomic E-state index is 0. The average Bonchev–Trinajstić information content (AvgIpc) is 2.56. The molecule has 1 aliphatic heterocycles. The van der Waals surface area contributed by atoms with Gasteiger partial charge in [0.05, 0.1) is 26.2 Å². The summed E-state index contributed by atoms with van der Waals surface area (Å²) in [6.07, 6.45) is 5.30. The van der Waals surface area contributed by atoms with Gasteiger partial charge in [0.15, 0.2) is 0 Å². The van der Waals surface area contributed by atoms with E-state index in [1.807, 2.05) is 27.7 Å². The minimum atomic E-state index is -0.429. The first kappa shape index (κ1) is 26.8. The first-order chi connectivity index (χ1) is 12.0. The topological polar surface area (TPSA) is 52.2 Å². The minimum Gasteiger partial charge on any atom is -1.00 e. The Kier molecular flexibility index (Phi) is 11.1. The van der Waals surface area contributed by atoms with Crippen molar-refractivity contribution in [2.75, 3.05) is 26.2 Å². The van der Waals surface area contributed by atoms with Gasteiger partial charge in [-0.15, -0.1) is 10.3 Å². The number of nitrogens with zero attached hydrogens (tertiary/aromatic N) is 2. The summed E-state index contributed by atoms with van der Waals surface area (Å²) in [5.41, 5.74) is -0.858. The molecule has 1 rings (SSSR count). The monoisotopic (exact) mass is 448 g/mol. The zero-order valence-electron chi connectivity index (χ0n) is 18.7. The number of unbranched alkanes of at least 4 members (excludes halogenated alkanes) is 2. The number of halogens is 1. The average molecular weight is 449 g/mol. The smallest absolute Gasteiger partial charge is 0.220 e. The highest BCUT2D eigenvalue weighted by atomic mass is 79.9. The Morgan fingerprint density at radius 2 is 1.44 bits per heavy atom. The molecule has 0 aliphatic carbocycles. The molecule has 6 heteroatoms. The lowest BCUT2D eigenvalue weighted by molar-refractivity contribution is -0.923. The first-order valence-electron chi connectivity index (χ1n) is 10.6. The number of carbonyl (C=O) groups excluding carboxylic acids is 1. The van der Waals surface area contributed by atoms with Gasteiger partial charge in [0, 0.05) is 23.5 Å². The van der Waals surface area contributed by atoms with Crippen molar-refractivity contribution in [2.24, 2.45) is 0 Å². The van der Waals surface area contributed by atoms with Crippen LogP contribution < -0.4 is 22.3 Å². The summed E-state index contributed by atoms with van der Waals surface area (Å²) in [4.78, 5) is 12.3. The van der Waals surface area contributed by atoms with Crippen molar-refractivity contribution in [1.29, 1.82) is 0 Å². The predicted octanol–water partition coefficient (Wildman–Crippen LogP) is 0.911. The Morgan fingerprint density at radius 1 is 0.963 bits per heavy atom. The predicted molar refractivity (Wildman–Crippen MR) is 107 cm³/mol. The van der Waals surface area contributed by atoms with Gasteiger partial charge < -0.3 is 26.8 Å². The van der Waals surface area contributed by atoms with Crippen molar-refractivity contribution >= 4 is 5.91 Å². The van der Waals surface area contributed by atoms with Gasteiger partial charge in [-0.2, -0.15) is 0 Å². The largest absolute Gasteiger partial charge is 1.00 e. The zero-order valence-corrected chi connectivity index (χ0v) is 20.3. The molecule has 0 atom stereocenters. The van der Waals surface area contributed by atoms with Crippen molar-refractivity contribution in [2.45, 2.75) is 104 Å². The Hall–Kier alpha value is -0.170. The molecule has 1 amide bonds. The molecule has 1 fully saturated rings. The molecule has 1 N–H and O–H groups in total. The number of hydroxylamine groups is 2. The summed E-state index contributed by atoms with van der Waals surface area (Å²) in [5, 5.41) is 16.8. The molecule has 161 valence electrons. The van der Waals surface area contributed by atoms with E-state index >= 15 is 0 Å². The Balaban J connectivity index is 0.00000676. The molecule has 1 aliphatic rings. The fourth-order valence-corrected chi connectivity index (χ4v) is 4.72. The van der Waals surface area contributed by atoms with Crippen LogP contribution in [0.15, 0.2) is 0 Å². The van der Waals surface area contributed by atoms with Gasteiger partial charge >= 0.3 is 0 Å². The lowest BCUT2D eigenvalue weighted by Gasteiger charge is -2.50. The highest BCUT2D eigenvalue weighted by Gasteiger charge is 2.46. The molecular weight excluding hydrogens is 406 g/mol. The molecule has 1 heterocycles. The Labute approximate surface area is 178 Å². The third-order valence-electron chi connectivity index (χ3n) is 6.51. The maximum atomic E-state index is 12.4. The van der Waals surface area contributed by atoms with E-state index in [2.05, 4.69) is 26.1 Å². The quantitative estimate of drug-likeness (QED) is 0.398. The lowest BCUT2D eigenvalue weighted by Crippen LogP contribution is -3.00. The van der Waals surface area contributed by atoms with Gasteiger partial charge in [-0.1, -0.05) is 0 Å². The number of hydrogen-bond donors (Lipinski definition) is 1. The summed E-state index contributed by atoms with van der Waals surface area (Å²) in [6, 6.07) is 0.0993. The van der Waals surface area contributed by atoms with Crippen LogP contribution in [0.5, 0.6) is 0 Å². The van der Waals surface area contributed by atoms with Crippen molar-refractivity contribution in [3.8, 4) is 0 Å². The van der Waals surface area contributed by atoms with E-state index in [0.717, 1.165) is 25.7 Å². The van der Waals surface area contributed by atoms with Crippen molar-refractivity contribution in [3.05, 3.63) is 0 Å². The van der Waals surface area contributed by atoms with Crippen LogP contribution in [-0.2, 0) is 10.0 Å². The van der Waals surface area contributed by atoms with Crippen LogP contribution in [0.25, 0.3) is 0 Å². The third-order valence-corrected chi connectivity index (χ3v) is 6.51. The van der Waals surface area contributed by atoms with Gasteiger partial charge in [0.2, 0.25) is 5.91 Å². The van der Waals surface area contributed by atoms with Crippen LogP contribution in [0.2, 0.25) is 0 Å². The van der Waals surface area contributed by atoms with E-state index in [0.29, 0.717) is 6.42 Å². The van der Waals surface area contributed by atoms with Gasteiger partial charge in [0.25, 0.3) is 0 Å². The maximum absolute atomic E-state index is 12.4. The lowest BCUT2D eigenvalue weighted by atomic mass is 9.79. The van der Waals surface area contributed by atoms with Gasteiger partial charge in [-0.3, -0.25) is 4.79 Å². The molecule has 0 aromatic carbocycles. The molecule has 0 aromatic rings. The van der Waals surface area contributed by atoms with E-state index in [1.54, 1.807) is 0 Å². The second-order valence-electron chi connectivity index (χ2n) is 9.42. The van der Waals surface area contributed by atoms with Crippen LogP contribution in [0.3, 0.4) is 0 Å². The number of rotatable bonds is 10. The maximum Gasteiger partial charge on any atom is 0.220 e. The highest BCUT2D eigenvalue weighted by Crippen LogP contribution is 2.37. The molecule has 0 unspecified atom stereocenters. The molecule has 1 saturated heterocycles. The SMILES string of the molecule is CC[N+](CC)(CC)CCCCCC(=O)NC1CC(C)(C)N([O])C(C)(C)C1.[Br-]. The van der Waals surface area contributed by atoms with Gasteiger partial charge in [-0.05, 0) is 80.6 Å². The van der Waals surface area contributed by atoms with Crippen LogP contribution in [-0.4, -0.2) is 58.8 Å². The highest BCUT2D eigenvalue weighted by molar-refractivity contribution is 5.76. The summed E-state index contributed by atoms with van der Waals surface area (Å²) >= 11 is 0. The molecule has 0 spiro atoms. The molecule has 1 radical (unpaired) electrons. The van der Waals surface area contributed by atoms with Crippen LogP contribution in [0, 0.1) is 0 Å². The summed E-state index contributed by atoms with van der Waals surface area (Å²) < 4.78 is 1.18. The standard InChI is InChI=1S/C21H42N3O2.BrH/c1-8-24(9-2,10-3)15-13-11-12-14-19(25)22-18-16-20(4,5)23(26)21(6,7)17-18;/h18H,8-17H2,1-7H3;1H. The van der Waals surface area contributed by atoms with Crippen molar-refractivity contribution < 1.29 is 31.5 Å². The second-order valence-corrected chi connectivity index (χ2v) is 9.42. The fraction of sp³-hybridized carbons (Fsp3) is 0.952. The normalized spacial score (nSPS) is 20.1. The number of amides is 1. The summed E-state index contributed by atoms with van der Waals surface area (Å²) in [6.45, 7) is 19.5. The van der Waals surface area contributed by atoms with E-state index in [1.165, 1.54) is 42.1 Å². The second kappa shape index (κ2) is 11.1. The number of carbonyl (C=O) groups is 1. The van der Waals surface area contributed by atoms with Gasteiger partial charge in [-0.25, -0.2) is 0 Å². The van der Waals surface area contributed by atoms with Crippen molar-refractivity contribution in [3.63, 3.8) is 0 Å². The van der Waals surface area contributed by atoms with E-state index in [9.17, 15) is 10.0 Å². The van der Waals surface area contributed by atoms with Crippen LogP contribution in [0.4, 0.5) is 0 Å². The molecule has 0 bridgehead atoms. The Morgan fingerprint density at radius 3 is 1.89 bits per heavy atom. The Bertz CT molecular complexity index is 424. The van der Waals surface area contributed by atoms with E-state index < -0.39 is 11.1 Å². The number of quaternary nitrogens is 1. The fourth-order valence-electron chi connectivity index (χ4n) is 4.72. The summed E-state index contributed by atoms with van der Waals surface area (Å²) in [7, 11) is 0. The first-order valence-corrected chi connectivity index (χ1v) is 10.6.